The Hall–Kier alpha value is -5.17. The molecule has 0 saturated carbocycles. The fourth-order valence-electron chi connectivity index (χ4n) is 5.90. The van der Waals surface area contributed by atoms with Gasteiger partial charge in [0.25, 0.3) is 5.69 Å². The van der Waals surface area contributed by atoms with Crippen molar-refractivity contribution in [2.75, 3.05) is 26.2 Å². The van der Waals surface area contributed by atoms with E-state index in [1.165, 1.54) is 45.6 Å². The summed E-state index contributed by atoms with van der Waals surface area (Å²) in [4.78, 5) is 40.9. The molecule has 0 unspecified atom stereocenters. The maximum Gasteiger partial charge on any atom is 0.329 e. The summed E-state index contributed by atoms with van der Waals surface area (Å²) in [5.74, 6) is -1.58. The van der Waals surface area contributed by atoms with Gasteiger partial charge in [0, 0.05) is 29.3 Å². The minimum Gasteiger partial charge on any atom is -0.493 e. The Kier molecular flexibility index (Phi) is 6.73. The van der Waals surface area contributed by atoms with Crippen LogP contribution in [0.4, 0.5) is 11.4 Å². The number of nitro benzene ring substituents is 1. The minimum absolute atomic E-state index is 0.0778. The van der Waals surface area contributed by atoms with Crippen LogP contribution >= 0.6 is 0 Å². The summed E-state index contributed by atoms with van der Waals surface area (Å²) in [6.07, 6.45) is 3.55. The number of fused-ring (bicyclic) bond motifs is 3. The lowest BCUT2D eigenvalue weighted by Crippen LogP contribution is -2.46. The summed E-state index contributed by atoms with van der Waals surface area (Å²) in [5, 5.41) is 22.3. The second kappa shape index (κ2) is 10.2. The third-order valence-corrected chi connectivity index (χ3v) is 7.63. The van der Waals surface area contributed by atoms with Gasteiger partial charge < -0.3 is 19.1 Å². The first-order valence-electron chi connectivity index (χ1n) is 12.4. The van der Waals surface area contributed by atoms with Crippen molar-refractivity contribution in [1.29, 1.82) is 5.26 Å². The first-order chi connectivity index (χ1) is 19.3. The van der Waals surface area contributed by atoms with E-state index >= 15 is 0 Å². The molecular weight excluding hydrogens is 514 g/mol. The second-order valence-electron chi connectivity index (χ2n) is 9.45. The predicted molar refractivity (Wildman–Crippen MR) is 145 cm³/mol. The van der Waals surface area contributed by atoms with Crippen LogP contribution in [-0.2, 0) is 9.53 Å². The molecule has 2 aliphatic rings. The smallest absolute Gasteiger partial charge is 0.329 e. The number of hydrogen-bond acceptors (Lipinski definition) is 9. The molecule has 202 valence electrons. The van der Waals surface area contributed by atoms with Crippen molar-refractivity contribution in [2.45, 2.75) is 18.0 Å². The van der Waals surface area contributed by atoms with Crippen molar-refractivity contribution < 1.29 is 28.7 Å². The Labute approximate surface area is 230 Å². The fourth-order valence-corrected chi connectivity index (χ4v) is 5.90. The van der Waals surface area contributed by atoms with Crippen LogP contribution in [0.25, 0.3) is 6.08 Å². The minimum atomic E-state index is -1.86. The van der Waals surface area contributed by atoms with Crippen molar-refractivity contribution in [2.24, 2.45) is 5.41 Å². The van der Waals surface area contributed by atoms with E-state index in [-0.39, 0.29) is 11.3 Å². The van der Waals surface area contributed by atoms with Gasteiger partial charge in [-0.3, -0.25) is 19.7 Å². The lowest BCUT2D eigenvalue weighted by atomic mass is 9.68. The molecule has 10 nitrogen and oxygen atoms in total. The predicted octanol–water partition coefficient (Wildman–Crippen LogP) is 4.55. The van der Waals surface area contributed by atoms with Gasteiger partial charge in [-0.25, -0.2) is 0 Å². The van der Waals surface area contributed by atoms with Gasteiger partial charge in [-0.15, -0.1) is 0 Å². The van der Waals surface area contributed by atoms with Crippen LogP contribution in [0.1, 0.15) is 27.4 Å². The zero-order chi connectivity index (χ0) is 28.6. The molecule has 1 saturated heterocycles. The van der Waals surface area contributed by atoms with Crippen molar-refractivity contribution >= 4 is 29.2 Å². The fraction of sp³-hybridized carbons (Fsp3) is 0.233. The van der Waals surface area contributed by atoms with E-state index in [0.29, 0.717) is 22.7 Å². The molecule has 0 radical (unpaired) electrons. The number of benzene rings is 3. The molecular formula is C30H25N3O7. The molecule has 40 heavy (non-hydrogen) atoms. The van der Waals surface area contributed by atoms with Crippen LogP contribution in [0.5, 0.6) is 11.5 Å². The highest BCUT2D eigenvalue weighted by atomic mass is 16.6. The van der Waals surface area contributed by atoms with E-state index in [9.17, 15) is 25.0 Å². The molecule has 0 bridgehead atoms. The number of nitrogens with zero attached hydrogens (tertiary/aromatic N) is 3. The SMILES string of the molecule is COC(=O)[C@]1(C#N)[C@H](c2ccc(OC)c(OC)c2)[C@@H](C(=O)c2cccc([N+](=O)[O-])c2)N2c3ccccc3C=C[C@H]21. The molecule has 0 N–H and O–H groups in total. The Morgan fingerprint density at radius 1 is 1.00 bits per heavy atom. The first kappa shape index (κ1) is 26.4. The zero-order valence-electron chi connectivity index (χ0n) is 21.9. The standard InChI is InChI=1S/C30H25N3O7/c1-38-23-13-11-19(16-24(23)39-2)26-27(28(34)20-8-6-9-21(15-20)33(36)37)32-22-10-5-4-7-18(22)12-14-25(32)30(26,17-31)29(35)40-3/h4-16,25-27H,1-3H3/t25-,26+,27-,30-/m0/s1. The van der Waals surface area contributed by atoms with E-state index in [0.717, 1.165) is 5.56 Å². The van der Waals surface area contributed by atoms with E-state index in [1.54, 1.807) is 35.2 Å². The molecule has 2 heterocycles. The van der Waals surface area contributed by atoms with Gasteiger partial charge in [-0.1, -0.05) is 48.6 Å². The molecule has 10 heteroatoms. The number of carbonyl (C=O) groups is 2. The summed E-state index contributed by atoms with van der Waals surface area (Å²) in [6.45, 7) is 0. The van der Waals surface area contributed by atoms with Gasteiger partial charge in [-0.2, -0.15) is 5.26 Å². The Morgan fingerprint density at radius 3 is 2.42 bits per heavy atom. The lowest BCUT2D eigenvalue weighted by Gasteiger charge is -2.36. The number of nitro groups is 1. The number of methoxy groups -OCH3 is 3. The molecule has 1 fully saturated rings. The maximum atomic E-state index is 14.5. The number of hydrogen-bond donors (Lipinski definition) is 0. The number of ketones is 1. The third-order valence-electron chi connectivity index (χ3n) is 7.63. The molecule has 5 rings (SSSR count). The van der Waals surface area contributed by atoms with Crippen LogP contribution in [0.2, 0.25) is 0 Å². The van der Waals surface area contributed by atoms with E-state index in [4.69, 9.17) is 14.2 Å². The maximum absolute atomic E-state index is 14.5. The summed E-state index contributed by atoms with van der Waals surface area (Å²) < 4.78 is 16.1. The number of rotatable bonds is 7. The van der Waals surface area contributed by atoms with Gasteiger partial charge in [0.2, 0.25) is 0 Å². The number of anilines is 1. The molecule has 2 aliphatic heterocycles. The molecule has 0 aromatic heterocycles. The Morgan fingerprint density at radius 2 is 1.75 bits per heavy atom. The number of para-hydroxylation sites is 1. The Bertz CT molecular complexity index is 1590. The van der Waals surface area contributed by atoms with Crippen LogP contribution in [0, 0.1) is 26.9 Å². The van der Waals surface area contributed by atoms with Gasteiger partial charge in [0.15, 0.2) is 22.7 Å². The van der Waals surface area contributed by atoms with Crippen molar-refractivity contribution in [3.05, 3.63) is 99.6 Å². The zero-order valence-corrected chi connectivity index (χ0v) is 21.9. The summed E-state index contributed by atoms with van der Waals surface area (Å²) in [5.41, 5.74) is -0.130. The van der Waals surface area contributed by atoms with E-state index in [2.05, 4.69) is 6.07 Å². The number of esters is 1. The molecule has 0 aliphatic carbocycles. The summed E-state index contributed by atoms with van der Waals surface area (Å²) in [6, 6.07) is 18.0. The average Bonchev–Trinajstić information content (AvgIpc) is 3.31. The largest absolute Gasteiger partial charge is 0.493 e. The van der Waals surface area contributed by atoms with Crippen LogP contribution in [-0.4, -0.2) is 50.1 Å². The van der Waals surface area contributed by atoms with Gasteiger partial charge in [-0.05, 0) is 29.3 Å². The average molecular weight is 540 g/mol. The van der Waals surface area contributed by atoms with E-state index in [1.807, 2.05) is 24.3 Å². The van der Waals surface area contributed by atoms with Crippen LogP contribution in [0.3, 0.4) is 0 Å². The number of Topliss-reactive ketones (excluding diaryl/α,β-unsaturated/α-hetero) is 1. The topological polar surface area (TPSA) is 132 Å². The van der Waals surface area contributed by atoms with Crippen LogP contribution < -0.4 is 14.4 Å². The van der Waals surface area contributed by atoms with E-state index < -0.39 is 40.1 Å². The van der Waals surface area contributed by atoms with Gasteiger partial charge >= 0.3 is 5.97 Å². The highest BCUT2D eigenvalue weighted by Gasteiger charge is 2.67. The molecule has 3 aromatic rings. The number of carbonyl (C=O) groups excluding carboxylic acids is 2. The first-order valence-corrected chi connectivity index (χ1v) is 12.4. The van der Waals surface area contributed by atoms with Gasteiger partial charge in [0.1, 0.15) is 6.04 Å². The Balaban J connectivity index is 1.82. The lowest BCUT2D eigenvalue weighted by molar-refractivity contribution is -0.384. The monoisotopic (exact) mass is 539 g/mol. The molecule has 4 atom stereocenters. The second-order valence-corrected chi connectivity index (χ2v) is 9.45. The summed E-state index contributed by atoms with van der Waals surface area (Å²) in [7, 11) is 4.15. The highest BCUT2D eigenvalue weighted by molar-refractivity contribution is 6.06. The summed E-state index contributed by atoms with van der Waals surface area (Å²) >= 11 is 0. The number of ether oxygens (including phenoxy) is 3. The normalized spacial score (nSPS) is 22.4. The quantitative estimate of drug-likeness (QED) is 0.184. The molecule has 3 aromatic carbocycles. The number of non-ortho nitro benzene ring substituents is 1. The van der Waals surface area contributed by atoms with Crippen molar-refractivity contribution in [3.8, 4) is 17.6 Å². The van der Waals surface area contributed by atoms with Crippen molar-refractivity contribution in [3.63, 3.8) is 0 Å². The molecule has 0 spiro atoms. The van der Waals surface area contributed by atoms with Crippen LogP contribution in [0.15, 0.2) is 72.8 Å². The molecule has 0 amide bonds. The third kappa shape index (κ3) is 3.86. The highest BCUT2D eigenvalue weighted by Crippen LogP contribution is 2.57. The number of nitriles is 1. The van der Waals surface area contributed by atoms with Crippen molar-refractivity contribution in [1.82, 2.24) is 0 Å². The van der Waals surface area contributed by atoms with Gasteiger partial charge in [0.05, 0.1) is 38.4 Å².